The number of amides is 3. The SMILES string of the molecule is CC(NC(=O)C(CCC(N)=O)NC(=O)C(N)Cc1c[nH]c2ccccc12)C(=O)O. The van der Waals surface area contributed by atoms with E-state index in [0.29, 0.717) is 0 Å². The second-order valence-corrected chi connectivity index (χ2v) is 6.80. The van der Waals surface area contributed by atoms with Crippen LogP contribution >= 0.6 is 0 Å². The van der Waals surface area contributed by atoms with Crippen LogP contribution in [0.25, 0.3) is 10.9 Å². The van der Waals surface area contributed by atoms with Gasteiger partial charge in [-0.05, 0) is 31.4 Å². The molecular weight excluding hydrogens is 378 g/mol. The number of rotatable bonds is 10. The smallest absolute Gasteiger partial charge is 0.325 e. The standard InChI is InChI=1S/C19H25N5O5/c1-10(19(28)29)23-18(27)15(6-7-16(21)25)24-17(26)13(20)8-11-9-22-14-5-3-2-4-12(11)14/h2-5,9-10,13,15,22H,6-8,20H2,1H3,(H2,21,25)(H,23,27)(H,24,26)(H,28,29). The van der Waals surface area contributed by atoms with Crippen molar-refractivity contribution < 1.29 is 24.3 Å². The minimum Gasteiger partial charge on any atom is -0.480 e. The molecule has 0 saturated heterocycles. The summed E-state index contributed by atoms with van der Waals surface area (Å²) in [5.41, 5.74) is 12.9. The molecule has 0 saturated carbocycles. The number of aromatic amines is 1. The van der Waals surface area contributed by atoms with E-state index in [-0.39, 0.29) is 19.3 Å². The number of hydrogen-bond donors (Lipinski definition) is 6. The van der Waals surface area contributed by atoms with Gasteiger partial charge in [-0.2, -0.15) is 0 Å². The largest absolute Gasteiger partial charge is 0.480 e. The van der Waals surface area contributed by atoms with Crippen LogP contribution in [0.3, 0.4) is 0 Å². The van der Waals surface area contributed by atoms with E-state index in [1.807, 2.05) is 24.3 Å². The second-order valence-electron chi connectivity index (χ2n) is 6.80. The fourth-order valence-electron chi connectivity index (χ4n) is 2.84. The molecule has 0 fully saturated rings. The van der Waals surface area contributed by atoms with Crippen molar-refractivity contribution >= 4 is 34.6 Å². The van der Waals surface area contributed by atoms with Crippen molar-refractivity contribution in [3.8, 4) is 0 Å². The van der Waals surface area contributed by atoms with Crippen molar-refractivity contribution in [3.63, 3.8) is 0 Å². The Morgan fingerprint density at radius 1 is 1.14 bits per heavy atom. The van der Waals surface area contributed by atoms with E-state index >= 15 is 0 Å². The van der Waals surface area contributed by atoms with E-state index in [1.165, 1.54) is 6.92 Å². The molecule has 0 bridgehead atoms. The zero-order valence-corrected chi connectivity index (χ0v) is 16.0. The summed E-state index contributed by atoms with van der Waals surface area (Å²) in [6, 6.07) is 4.32. The summed E-state index contributed by atoms with van der Waals surface area (Å²) < 4.78 is 0. The molecule has 0 aliphatic carbocycles. The lowest BCUT2D eigenvalue weighted by Gasteiger charge is -2.21. The van der Waals surface area contributed by atoms with Crippen LogP contribution in [-0.2, 0) is 25.6 Å². The number of H-pyrrole nitrogens is 1. The maximum absolute atomic E-state index is 12.5. The van der Waals surface area contributed by atoms with Crippen molar-refractivity contribution in [2.45, 2.75) is 44.3 Å². The molecular formula is C19H25N5O5. The Balaban J connectivity index is 2.05. The quantitative estimate of drug-likeness (QED) is 0.307. The van der Waals surface area contributed by atoms with Crippen molar-refractivity contribution in [2.24, 2.45) is 11.5 Å². The first-order valence-electron chi connectivity index (χ1n) is 9.11. The minimum absolute atomic E-state index is 0.0704. The monoisotopic (exact) mass is 403 g/mol. The number of hydrogen-bond acceptors (Lipinski definition) is 5. The fraction of sp³-hybridized carbons (Fsp3) is 0.368. The minimum atomic E-state index is -1.23. The number of carboxylic acids is 1. The summed E-state index contributed by atoms with van der Waals surface area (Å²) >= 11 is 0. The molecule has 29 heavy (non-hydrogen) atoms. The van der Waals surface area contributed by atoms with E-state index in [4.69, 9.17) is 16.6 Å². The van der Waals surface area contributed by atoms with E-state index in [9.17, 15) is 19.2 Å². The normalized spacial score (nSPS) is 14.0. The zero-order valence-electron chi connectivity index (χ0n) is 16.0. The Morgan fingerprint density at radius 2 is 1.83 bits per heavy atom. The predicted molar refractivity (Wildman–Crippen MR) is 106 cm³/mol. The first-order valence-corrected chi connectivity index (χ1v) is 9.11. The van der Waals surface area contributed by atoms with Crippen molar-refractivity contribution in [1.29, 1.82) is 0 Å². The van der Waals surface area contributed by atoms with Gasteiger partial charge in [-0.3, -0.25) is 19.2 Å². The molecule has 2 rings (SSSR count). The Kier molecular flexibility index (Phi) is 7.32. The molecule has 3 atom stereocenters. The predicted octanol–water partition coefficient (Wildman–Crippen LogP) is -0.623. The van der Waals surface area contributed by atoms with Crippen molar-refractivity contribution in [2.75, 3.05) is 0 Å². The van der Waals surface area contributed by atoms with Gasteiger partial charge in [-0.1, -0.05) is 18.2 Å². The third-order valence-electron chi connectivity index (χ3n) is 4.49. The van der Waals surface area contributed by atoms with E-state index in [0.717, 1.165) is 16.5 Å². The zero-order chi connectivity index (χ0) is 21.6. The fourth-order valence-corrected chi connectivity index (χ4v) is 2.84. The lowest BCUT2D eigenvalue weighted by atomic mass is 10.0. The van der Waals surface area contributed by atoms with E-state index in [2.05, 4.69) is 15.6 Å². The van der Waals surface area contributed by atoms with Crippen LogP contribution in [-0.4, -0.2) is 51.9 Å². The lowest BCUT2D eigenvalue weighted by molar-refractivity contribution is -0.141. The first-order chi connectivity index (χ1) is 13.7. The van der Waals surface area contributed by atoms with Crippen molar-refractivity contribution in [1.82, 2.24) is 15.6 Å². The molecule has 8 N–H and O–H groups in total. The number of carbonyl (C=O) groups excluding carboxylic acids is 3. The summed E-state index contributed by atoms with van der Waals surface area (Å²) in [6.07, 6.45) is 1.77. The molecule has 0 aliphatic heterocycles. The maximum Gasteiger partial charge on any atom is 0.325 e. The number of carboxylic acid groups (broad SMARTS) is 1. The van der Waals surface area contributed by atoms with Gasteiger partial charge >= 0.3 is 5.97 Å². The molecule has 2 aromatic rings. The van der Waals surface area contributed by atoms with Gasteiger partial charge in [0.25, 0.3) is 0 Å². The lowest BCUT2D eigenvalue weighted by Crippen LogP contribution is -2.54. The highest BCUT2D eigenvalue weighted by Crippen LogP contribution is 2.18. The maximum atomic E-state index is 12.5. The van der Waals surface area contributed by atoms with Gasteiger partial charge in [0.1, 0.15) is 12.1 Å². The number of aromatic nitrogens is 1. The van der Waals surface area contributed by atoms with Gasteiger partial charge in [-0.15, -0.1) is 0 Å². The third-order valence-corrected chi connectivity index (χ3v) is 4.49. The summed E-state index contributed by atoms with van der Waals surface area (Å²) in [7, 11) is 0. The second kappa shape index (κ2) is 9.69. The molecule has 0 spiro atoms. The van der Waals surface area contributed by atoms with Crippen LogP contribution in [0.15, 0.2) is 30.5 Å². The van der Waals surface area contributed by atoms with Gasteiger partial charge in [0.15, 0.2) is 0 Å². The van der Waals surface area contributed by atoms with Gasteiger partial charge < -0.3 is 32.2 Å². The number of aliphatic carboxylic acids is 1. The molecule has 0 radical (unpaired) electrons. The van der Waals surface area contributed by atoms with Crippen LogP contribution in [0.2, 0.25) is 0 Å². The average molecular weight is 403 g/mol. The average Bonchev–Trinajstić information content (AvgIpc) is 3.07. The number of fused-ring (bicyclic) bond motifs is 1. The highest BCUT2D eigenvalue weighted by molar-refractivity contribution is 5.92. The van der Waals surface area contributed by atoms with Gasteiger partial charge in [0, 0.05) is 23.5 Å². The number of carbonyl (C=O) groups is 4. The van der Waals surface area contributed by atoms with Gasteiger partial charge in [0.05, 0.1) is 6.04 Å². The van der Waals surface area contributed by atoms with Crippen LogP contribution in [0.1, 0.15) is 25.3 Å². The number of nitrogens with two attached hydrogens (primary N) is 2. The number of primary amides is 1. The van der Waals surface area contributed by atoms with Crippen LogP contribution < -0.4 is 22.1 Å². The Labute approximate surface area is 167 Å². The molecule has 1 aromatic heterocycles. The van der Waals surface area contributed by atoms with Gasteiger partial charge in [0.2, 0.25) is 17.7 Å². The third kappa shape index (κ3) is 6.04. The highest BCUT2D eigenvalue weighted by atomic mass is 16.4. The van der Waals surface area contributed by atoms with Crippen LogP contribution in [0, 0.1) is 0 Å². The van der Waals surface area contributed by atoms with Crippen LogP contribution in [0.4, 0.5) is 0 Å². The molecule has 1 heterocycles. The number of nitrogens with one attached hydrogen (secondary N) is 3. The molecule has 10 heteroatoms. The molecule has 1 aromatic carbocycles. The topological polar surface area (TPSA) is 180 Å². The molecule has 156 valence electrons. The van der Waals surface area contributed by atoms with E-state index < -0.39 is 41.8 Å². The van der Waals surface area contributed by atoms with E-state index in [1.54, 1.807) is 6.20 Å². The summed E-state index contributed by atoms with van der Waals surface area (Å²) in [4.78, 5) is 50.0. The Hall–Kier alpha value is -3.40. The number of para-hydroxylation sites is 1. The first kappa shape index (κ1) is 21.9. The Bertz CT molecular complexity index is 909. The molecule has 3 unspecified atom stereocenters. The molecule has 0 aliphatic rings. The summed E-state index contributed by atoms with van der Waals surface area (Å²) in [6.45, 7) is 1.29. The molecule has 3 amide bonds. The van der Waals surface area contributed by atoms with Crippen molar-refractivity contribution in [3.05, 3.63) is 36.0 Å². The molecule has 10 nitrogen and oxygen atoms in total. The summed E-state index contributed by atoms with van der Waals surface area (Å²) in [5.74, 6) is -3.20. The van der Waals surface area contributed by atoms with Gasteiger partial charge in [-0.25, -0.2) is 0 Å². The van der Waals surface area contributed by atoms with Crippen LogP contribution in [0.5, 0.6) is 0 Å². The Morgan fingerprint density at radius 3 is 2.48 bits per heavy atom. The highest BCUT2D eigenvalue weighted by Gasteiger charge is 2.27. The number of benzene rings is 1. The summed E-state index contributed by atoms with van der Waals surface area (Å²) in [5, 5.41) is 14.6.